The quantitative estimate of drug-likeness (QED) is 0.944. The van der Waals surface area contributed by atoms with E-state index in [1.165, 1.54) is 0 Å². The maximum absolute atomic E-state index is 5.84. The maximum atomic E-state index is 5.84. The van der Waals surface area contributed by atoms with Gasteiger partial charge in [-0.2, -0.15) is 0 Å². The summed E-state index contributed by atoms with van der Waals surface area (Å²) >= 11 is 3.44. The van der Waals surface area contributed by atoms with E-state index >= 15 is 0 Å². The Morgan fingerprint density at radius 2 is 2.18 bits per heavy atom. The number of nitrogen functional groups attached to an aromatic ring is 1. The average molecular weight is 295 g/mol. The minimum Gasteiger partial charge on any atom is -0.490 e. The van der Waals surface area contributed by atoms with Crippen LogP contribution in [0.2, 0.25) is 0 Å². The lowest BCUT2D eigenvalue weighted by Crippen LogP contribution is -1.98. The van der Waals surface area contributed by atoms with Gasteiger partial charge in [0.2, 0.25) is 5.88 Å². The first-order valence-electron chi connectivity index (χ1n) is 5.41. The van der Waals surface area contributed by atoms with E-state index in [1.54, 1.807) is 6.20 Å². The number of hydrogen-bond donors (Lipinski definition) is 1. The first-order valence-corrected chi connectivity index (χ1v) is 6.20. The van der Waals surface area contributed by atoms with Gasteiger partial charge in [0.25, 0.3) is 0 Å². The zero-order valence-corrected chi connectivity index (χ0v) is 10.6. The molecule has 2 aromatic rings. The van der Waals surface area contributed by atoms with Gasteiger partial charge in [0.15, 0.2) is 0 Å². The van der Waals surface area contributed by atoms with Gasteiger partial charge in [-0.05, 0) is 31.0 Å². The highest BCUT2D eigenvalue weighted by atomic mass is 79.9. The Hall–Kier alpha value is -1.49. The average Bonchev–Trinajstić information content (AvgIpc) is 3.02. The predicted molar refractivity (Wildman–Crippen MR) is 67.7 cm³/mol. The minimum atomic E-state index is 0.309. The Bertz CT molecular complexity index is 549. The van der Waals surface area contributed by atoms with E-state index in [9.17, 15) is 0 Å². The Morgan fingerprint density at radius 1 is 1.35 bits per heavy atom. The standard InChI is InChI=1S/C12H11BrN2O2/c13-7-1-4-11(16-8-2-3-8)9(5-7)10-6-15-17-12(10)14/h1,4-6,8H,2-3,14H2. The number of nitrogens with two attached hydrogens (primary N) is 1. The van der Waals surface area contributed by atoms with Crippen LogP contribution >= 0.6 is 15.9 Å². The second-order valence-electron chi connectivity index (χ2n) is 4.06. The van der Waals surface area contributed by atoms with E-state index in [0.29, 0.717) is 12.0 Å². The fourth-order valence-corrected chi connectivity index (χ4v) is 1.99. The second kappa shape index (κ2) is 4.07. The van der Waals surface area contributed by atoms with Crippen molar-refractivity contribution < 1.29 is 9.26 Å². The molecule has 5 heteroatoms. The Kier molecular flexibility index (Phi) is 2.55. The third kappa shape index (κ3) is 2.15. The van der Waals surface area contributed by atoms with Crippen molar-refractivity contribution in [3.8, 4) is 16.9 Å². The lowest BCUT2D eigenvalue weighted by Gasteiger charge is -2.10. The summed E-state index contributed by atoms with van der Waals surface area (Å²) in [6.07, 6.45) is 4.19. The molecule has 17 heavy (non-hydrogen) atoms. The lowest BCUT2D eigenvalue weighted by molar-refractivity contribution is 0.304. The van der Waals surface area contributed by atoms with Crippen molar-refractivity contribution in [1.29, 1.82) is 0 Å². The van der Waals surface area contributed by atoms with Gasteiger partial charge in [-0.1, -0.05) is 21.1 Å². The molecular weight excluding hydrogens is 284 g/mol. The van der Waals surface area contributed by atoms with Crippen LogP contribution in [0.4, 0.5) is 5.88 Å². The number of aromatic nitrogens is 1. The predicted octanol–water partition coefficient (Wildman–Crippen LogP) is 3.23. The van der Waals surface area contributed by atoms with Gasteiger partial charge in [-0.15, -0.1) is 0 Å². The Labute approximate surface area is 107 Å². The molecule has 1 aromatic carbocycles. The van der Waals surface area contributed by atoms with Crippen molar-refractivity contribution in [1.82, 2.24) is 5.16 Å². The summed E-state index contributed by atoms with van der Waals surface area (Å²) in [4.78, 5) is 0. The molecule has 0 saturated heterocycles. The van der Waals surface area contributed by atoms with Crippen LogP contribution in [0.5, 0.6) is 5.75 Å². The highest BCUT2D eigenvalue weighted by molar-refractivity contribution is 9.10. The molecule has 1 heterocycles. The second-order valence-corrected chi connectivity index (χ2v) is 4.98. The van der Waals surface area contributed by atoms with E-state index in [0.717, 1.165) is 34.2 Å². The van der Waals surface area contributed by atoms with Crippen molar-refractivity contribution in [2.24, 2.45) is 0 Å². The highest BCUT2D eigenvalue weighted by Crippen LogP contribution is 2.38. The fourth-order valence-electron chi connectivity index (χ4n) is 1.63. The molecule has 0 atom stereocenters. The molecule has 0 unspecified atom stereocenters. The fraction of sp³-hybridized carbons (Fsp3) is 0.250. The summed E-state index contributed by atoms with van der Waals surface area (Å²) < 4.78 is 11.7. The summed E-state index contributed by atoms with van der Waals surface area (Å²) in [5.41, 5.74) is 7.41. The number of halogens is 1. The first kappa shape index (κ1) is 10.7. The highest BCUT2D eigenvalue weighted by Gasteiger charge is 2.25. The van der Waals surface area contributed by atoms with E-state index in [2.05, 4.69) is 21.1 Å². The van der Waals surface area contributed by atoms with Gasteiger partial charge in [-0.3, -0.25) is 0 Å². The van der Waals surface area contributed by atoms with E-state index in [1.807, 2.05) is 18.2 Å². The SMILES string of the molecule is Nc1oncc1-c1cc(Br)ccc1OC1CC1. The first-order chi connectivity index (χ1) is 8.24. The van der Waals surface area contributed by atoms with Crippen molar-refractivity contribution in [3.63, 3.8) is 0 Å². The van der Waals surface area contributed by atoms with Crippen LogP contribution < -0.4 is 10.5 Å². The van der Waals surface area contributed by atoms with Crippen molar-refractivity contribution >= 4 is 21.8 Å². The molecule has 1 saturated carbocycles. The molecule has 1 aliphatic rings. The largest absolute Gasteiger partial charge is 0.490 e. The van der Waals surface area contributed by atoms with Gasteiger partial charge in [0.05, 0.1) is 17.9 Å². The minimum absolute atomic E-state index is 0.309. The molecule has 2 N–H and O–H groups in total. The van der Waals surface area contributed by atoms with Crippen LogP contribution in [0.1, 0.15) is 12.8 Å². The third-order valence-corrected chi connectivity index (χ3v) is 3.14. The number of ether oxygens (including phenoxy) is 1. The number of nitrogens with zero attached hydrogens (tertiary/aromatic N) is 1. The van der Waals surface area contributed by atoms with Gasteiger partial charge < -0.3 is 15.0 Å². The third-order valence-electron chi connectivity index (χ3n) is 2.65. The Morgan fingerprint density at radius 3 is 2.82 bits per heavy atom. The zero-order chi connectivity index (χ0) is 11.8. The topological polar surface area (TPSA) is 61.3 Å². The molecule has 1 aromatic heterocycles. The number of hydrogen-bond acceptors (Lipinski definition) is 4. The van der Waals surface area contributed by atoms with Crippen molar-refractivity contribution in [2.45, 2.75) is 18.9 Å². The molecular formula is C12H11BrN2O2. The Balaban J connectivity index is 2.06. The summed E-state index contributed by atoms with van der Waals surface area (Å²) in [5, 5.41) is 3.69. The maximum Gasteiger partial charge on any atom is 0.230 e. The molecule has 3 rings (SSSR count). The van der Waals surface area contributed by atoms with E-state index in [-0.39, 0.29) is 0 Å². The van der Waals surface area contributed by atoms with E-state index in [4.69, 9.17) is 15.0 Å². The summed E-state index contributed by atoms with van der Waals surface area (Å²) in [5.74, 6) is 1.13. The van der Waals surface area contributed by atoms with Crippen LogP contribution in [0.25, 0.3) is 11.1 Å². The van der Waals surface area contributed by atoms with Crippen LogP contribution in [0.15, 0.2) is 33.4 Å². The normalized spacial score (nSPS) is 14.9. The van der Waals surface area contributed by atoms with E-state index < -0.39 is 0 Å². The van der Waals surface area contributed by atoms with Crippen LogP contribution in [0.3, 0.4) is 0 Å². The molecule has 0 radical (unpaired) electrons. The summed E-state index contributed by atoms with van der Waals surface area (Å²) in [6.45, 7) is 0. The summed E-state index contributed by atoms with van der Waals surface area (Å²) in [6, 6.07) is 5.84. The lowest BCUT2D eigenvalue weighted by atomic mass is 10.1. The molecule has 0 spiro atoms. The molecule has 0 bridgehead atoms. The smallest absolute Gasteiger partial charge is 0.230 e. The molecule has 4 nitrogen and oxygen atoms in total. The number of benzene rings is 1. The molecule has 1 fully saturated rings. The van der Waals surface area contributed by atoms with Crippen molar-refractivity contribution in [2.75, 3.05) is 5.73 Å². The number of anilines is 1. The van der Waals surface area contributed by atoms with Gasteiger partial charge in [0, 0.05) is 10.0 Å². The molecule has 0 aliphatic heterocycles. The zero-order valence-electron chi connectivity index (χ0n) is 9.02. The monoisotopic (exact) mass is 294 g/mol. The van der Waals surface area contributed by atoms with Gasteiger partial charge in [-0.25, -0.2) is 0 Å². The van der Waals surface area contributed by atoms with Crippen LogP contribution in [-0.4, -0.2) is 11.3 Å². The molecule has 88 valence electrons. The van der Waals surface area contributed by atoms with Crippen molar-refractivity contribution in [3.05, 3.63) is 28.9 Å². The van der Waals surface area contributed by atoms with Gasteiger partial charge >= 0.3 is 0 Å². The van der Waals surface area contributed by atoms with Crippen LogP contribution in [0, 0.1) is 0 Å². The van der Waals surface area contributed by atoms with Gasteiger partial charge in [0.1, 0.15) is 5.75 Å². The molecule has 0 amide bonds. The number of rotatable bonds is 3. The summed E-state index contributed by atoms with van der Waals surface area (Å²) in [7, 11) is 0. The van der Waals surface area contributed by atoms with Crippen LogP contribution in [-0.2, 0) is 0 Å². The molecule has 1 aliphatic carbocycles.